The van der Waals surface area contributed by atoms with Gasteiger partial charge in [0.15, 0.2) is 0 Å². The van der Waals surface area contributed by atoms with Gasteiger partial charge >= 0.3 is 6.18 Å². The van der Waals surface area contributed by atoms with Crippen LogP contribution in [0.3, 0.4) is 0 Å². The highest BCUT2D eigenvalue weighted by atomic mass is 19.4. The van der Waals surface area contributed by atoms with E-state index in [0.29, 0.717) is 19.7 Å². The number of alkyl halides is 3. The maximum Gasteiger partial charge on any atom is 0.416 e. The van der Waals surface area contributed by atoms with Crippen LogP contribution in [0, 0.1) is 0 Å². The number of hydrogen-bond donors (Lipinski definition) is 2. The lowest BCUT2D eigenvalue weighted by Gasteiger charge is -2.13. The lowest BCUT2D eigenvalue weighted by molar-refractivity contribution is -0.137. The molecule has 124 valence electrons. The van der Waals surface area contributed by atoms with Gasteiger partial charge in [-0.15, -0.1) is 6.58 Å². The van der Waals surface area contributed by atoms with Crippen LogP contribution in [0.15, 0.2) is 36.9 Å². The zero-order valence-corrected chi connectivity index (χ0v) is 12.1. The standard InChI is InChI=1S/C15H20F3NO3/c1-2-7-21-11-13(20)10-19-6-8-22-14-5-3-4-12(9-14)15(16,17)18/h2-5,9,13,19-20H,1,6-8,10-11H2/t13-/m0/s1. The predicted molar refractivity (Wildman–Crippen MR) is 76.8 cm³/mol. The Bertz CT molecular complexity index is 452. The second kappa shape index (κ2) is 9.45. The molecule has 0 saturated carbocycles. The molecule has 0 aromatic heterocycles. The minimum Gasteiger partial charge on any atom is -0.492 e. The summed E-state index contributed by atoms with van der Waals surface area (Å²) in [6.07, 6.45) is -3.45. The van der Waals surface area contributed by atoms with Crippen molar-refractivity contribution in [2.24, 2.45) is 0 Å². The molecule has 0 saturated heterocycles. The Balaban J connectivity index is 2.21. The van der Waals surface area contributed by atoms with Crippen LogP contribution >= 0.6 is 0 Å². The summed E-state index contributed by atoms with van der Waals surface area (Å²) in [5, 5.41) is 12.5. The minimum atomic E-state index is -4.38. The van der Waals surface area contributed by atoms with Crippen molar-refractivity contribution in [1.29, 1.82) is 0 Å². The van der Waals surface area contributed by atoms with Crippen molar-refractivity contribution in [3.8, 4) is 5.75 Å². The summed E-state index contributed by atoms with van der Waals surface area (Å²) in [4.78, 5) is 0. The summed E-state index contributed by atoms with van der Waals surface area (Å²) in [5.74, 6) is 0.159. The molecular formula is C15H20F3NO3. The molecule has 0 aliphatic carbocycles. The number of ether oxygens (including phenoxy) is 2. The lowest BCUT2D eigenvalue weighted by atomic mass is 10.2. The van der Waals surface area contributed by atoms with Crippen molar-refractivity contribution in [2.45, 2.75) is 12.3 Å². The zero-order valence-electron chi connectivity index (χ0n) is 12.1. The Morgan fingerprint density at radius 3 is 2.82 bits per heavy atom. The van der Waals surface area contributed by atoms with Crippen LogP contribution in [-0.4, -0.2) is 44.1 Å². The maximum atomic E-state index is 12.5. The third-order valence-corrected chi connectivity index (χ3v) is 2.63. The van der Waals surface area contributed by atoms with Gasteiger partial charge in [-0.05, 0) is 18.2 Å². The van der Waals surface area contributed by atoms with Crippen molar-refractivity contribution in [1.82, 2.24) is 5.32 Å². The summed E-state index contributed by atoms with van der Waals surface area (Å²) in [7, 11) is 0. The minimum absolute atomic E-state index is 0.159. The van der Waals surface area contributed by atoms with Gasteiger partial charge in [0.1, 0.15) is 12.4 Å². The molecule has 7 heteroatoms. The second-order valence-electron chi connectivity index (χ2n) is 4.56. The Labute approximate surface area is 127 Å². The Hall–Kier alpha value is -1.57. The second-order valence-corrected chi connectivity index (χ2v) is 4.56. The van der Waals surface area contributed by atoms with Gasteiger partial charge < -0.3 is 19.9 Å². The molecule has 1 aromatic rings. The van der Waals surface area contributed by atoms with Gasteiger partial charge in [0.05, 0.1) is 24.9 Å². The third-order valence-electron chi connectivity index (χ3n) is 2.63. The first-order chi connectivity index (χ1) is 10.4. The number of hydrogen-bond acceptors (Lipinski definition) is 4. The average molecular weight is 319 g/mol. The maximum absolute atomic E-state index is 12.5. The molecule has 0 unspecified atom stereocenters. The molecule has 0 aliphatic heterocycles. The zero-order chi connectivity index (χ0) is 16.4. The summed E-state index contributed by atoms with van der Waals surface area (Å²) < 4.78 is 47.8. The first-order valence-corrected chi connectivity index (χ1v) is 6.81. The number of rotatable bonds is 10. The normalized spacial score (nSPS) is 12.9. The van der Waals surface area contributed by atoms with Crippen molar-refractivity contribution in [3.05, 3.63) is 42.5 Å². The van der Waals surface area contributed by atoms with Crippen LogP contribution < -0.4 is 10.1 Å². The molecule has 0 fully saturated rings. The summed E-state index contributed by atoms with van der Waals surface area (Å²) in [6, 6.07) is 4.71. The molecule has 4 nitrogen and oxygen atoms in total. The van der Waals surface area contributed by atoms with Crippen LogP contribution in [0.1, 0.15) is 5.56 Å². The highest BCUT2D eigenvalue weighted by Crippen LogP contribution is 2.31. The van der Waals surface area contributed by atoms with Gasteiger partial charge in [-0.2, -0.15) is 13.2 Å². The molecule has 0 spiro atoms. The summed E-state index contributed by atoms with van der Waals surface area (Å²) in [5.41, 5.74) is -0.743. The molecule has 2 N–H and O–H groups in total. The van der Waals surface area contributed by atoms with Crippen molar-refractivity contribution in [3.63, 3.8) is 0 Å². The first-order valence-electron chi connectivity index (χ1n) is 6.81. The molecule has 0 radical (unpaired) electrons. The van der Waals surface area contributed by atoms with E-state index >= 15 is 0 Å². The van der Waals surface area contributed by atoms with Gasteiger partial charge in [0, 0.05) is 13.1 Å². The number of nitrogens with one attached hydrogen (secondary N) is 1. The van der Waals surface area contributed by atoms with E-state index in [2.05, 4.69) is 11.9 Å². The van der Waals surface area contributed by atoms with Gasteiger partial charge in [-0.25, -0.2) is 0 Å². The number of benzene rings is 1. The molecule has 22 heavy (non-hydrogen) atoms. The van der Waals surface area contributed by atoms with E-state index in [-0.39, 0.29) is 19.0 Å². The molecule has 0 heterocycles. The monoisotopic (exact) mass is 319 g/mol. The van der Waals surface area contributed by atoms with Gasteiger partial charge in [-0.1, -0.05) is 12.1 Å². The van der Waals surface area contributed by atoms with E-state index in [0.717, 1.165) is 12.1 Å². The fraction of sp³-hybridized carbons (Fsp3) is 0.467. The topological polar surface area (TPSA) is 50.7 Å². The van der Waals surface area contributed by atoms with E-state index in [1.54, 1.807) is 6.08 Å². The fourth-order valence-electron chi connectivity index (χ4n) is 1.62. The summed E-state index contributed by atoms with van der Waals surface area (Å²) >= 11 is 0. The summed E-state index contributed by atoms with van der Waals surface area (Å²) in [6.45, 7) is 4.95. The van der Waals surface area contributed by atoms with Gasteiger partial charge in [-0.3, -0.25) is 0 Å². The van der Waals surface area contributed by atoms with Crippen LogP contribution in [0.25, 0.3) is 0 Å². The molecule has 0 amide bonds. The first kappa shape index (κ1) is 18.5. The van der Waals surface area contributed by atoms with E-state index in [9.17, 15) is 18.3 Å². The number of halogens is 3. The Morgan fingerprint density at radius 1 is 1.36 bits per heavy atom. The quantitative estimate of drug-likeness (QED) is 0.513. The van der Waals surface area contributed by atoms with Crippen molar-refractivity contribution >= 4 is 0 Å². The van der Waals surface area contributed by atoms with Gasteiger partial charge in [0.2, 0.25) is 0 Å². The Morgan fingerprint density at radius 2 is 2.14 bits per heavy atom. The highest BCUT2D eigenvalue weighted by molar-refractivity contribution is 5.30. The van der Waals surface area contributed by atoms with Crippen molar-refractivity contribution < 1.29 is 27.8 Å². The fourth-order valence-corrected chi connectivity index (χ4v) is 1.62. The smallest absolute Gasteiger partial charge is 0.416 e. The lowest BCUT2D eigenvalue weighted by Crippen LogP contribution is -2.32. The number of aliphatic hydroxyl groups excluding tert-OH is 1. The molecule has 1 rings (SSSR count). The molecule has 0 aliphatic rings. The molecule has 0 bridgehead atoms. The van der Waals surface area contributed by atoms with Gasteiger partial charge in [0.25, 0.3) is 0 Å². The average Bonchev–Trinajstić information content (AvgIpc) is 2.46. The molecular weight excluding hydrogens is 299 g/mol. The van der Waals surface area contributed by atoms with Crippen LogP contribution in [0.5, 0.6) is 5.75 Å². The highest BCUT2D eigenvalue weighted by Gasteiger charge is 2.30. The van der Waals surface area contributed by atoms with Crippen molar-refractivity contribution in [2.75, 3.05) is 32.9 Å². The molecule has 1 aromatic carbocycles. The molecule has 1 atom stereocenters. The largest absolute Gasteiger partial charge is 0.492 e. The predicted octanol–water partition coefficient (Wildman–Crippen LogP) is 2.24. The number of aliphatic hydroxyl groups is 1. The van der Waals surface area contributed by atoms with E-state index in [1.165, 1.54) is 12.1 Å². The van der Waals surface area contributed by atoms with E-state index in [1.807, 2.05) is 0 Å². The third kappa shape index (κ3) is 7.44. The SMILES string of the molecule is C=CCOC[C@@H](O)CNCCOc1cccc(C(F)(F)F)c1. The Kier molecular flexibility index (Phi) is 7.94. The van der Waals surface area contributed by atoms with Crippen LogP contribution in [0.2, 0.25) is 0 Å². The van der Waals surface area contributed by atoms with Crippen LogP contribution in [-0.2, 0) is 10.9 Å². The van der Waals surface area contributed by atoms with E-state index < -0.39 is 17.8 Å². The van der Waals surface area contributed by atoms with E-state index in [4.69, 9.17) is 9.47 Å². The van der Waals surface area contributed by atoms with Crippen LogP contribution in [0.4, 0.5) is 13.2 Å².